The van der Waals surface area contributed by atoms with Crippen molar-refractivity contribution in [1.82, 2.24) is 5.32 Å². The summed E-state index contributed by atoms with van der Waals surface area (Å²) in [7, 11) is 0. The Bertz CT molecular complexity index is 913. The molecule has 0 spiro atoms. The van der Waals surface area contributed by atoms with Crippen LogP contribution < -0.4 is 15.4 Å². The zero-order valence-electron chi connectivity index (χ0n) is 13.7. The normalized spacial score (nSPS) is 11.4. The molecule has 0 saturated heterocycles. The van der Waals surface area contributed by atoms with Crippen molar-refractivity contribution in [3.05, 3.63) is 61.0 Å². The minimum atomic E-state index is -0.885. The highest BCUT2D eigenvalue weighted by atomic mass is 79.9. The van der Waals surface area contributed by atoms with E-state index in [1.807, 2.05) is 0 Å². The maximum absolute atomic E-state index is 12.2. The molecule has 2 aromatic rings. The van der Waals surface area contributed by atoms with Crippen molar-refractivity contribution in [2.75, 3.05) is 5.32 Å². The summed E-state index contributed by atoms with van der Waals surface area (Å²) in [6.07, 6.45) is -0.885. The van der Waals surface area contributed by atoms with Crippen LogP contribution in [0.3, 0.4) is 0 Å². The van der Waals surface area contributed by atoms with Crippen LogP contribution in [0.2, 0.25) is 10.0 Å². The fourth-order valence-corrected chi connectivity index (χ4v) is 3.03. The van der Waals surface area contributed by atoms with Gasteiger partial charge in [-0.15, -0.1) is 0 Å². The molecule has 2 rings (SSSR count). The molecule has 0 radical (unpaired) electrons. The number of carbonyl (C=O) groups excluding carboxylic acids is 1. The van der Waals surface area contributed by atoms with Gasteiger partial charge in [0.25, 0.3) is 11.6 Å². The summed E-state index contributed by atoms with van der Waals surface area (Å²) < 4.78 is 5.93. The van der Waals surface area contributed by atoms with Gasteiger partial charge in [0.2, 0.25) is 0 Å². The van der Waals surface area contributed by atoms with E-state index in [0.717, 1.165) is 0 Å². The molecule has 0 bridgehead atoms. The monoisotopic (exact) mass is 491 g/mol. The van der Waals surface area contributed by atoms with Crippen molar-refractivity contribution < 1.29 is 14.5 Å². The minimum Gasteiger partial charge on any atom is -0.479 e. The summed E-state index contributed by atoms with van der Waals surface area (Å²) in [6, 6.07) is 8.74. The number of hydrogen-bond acceptors (Lipinski definition) is 5. The lowest BCUT2D eigenvalue weighted by Gasteiger charge is -2.17. The van der Waals surface area contributed by atoms with Crippen LogP contribution in [0.15, 0.2) is 40.9 Å². The number of non-ortho nitro benzene ring substituents is 1. The van der Waals surface area contributed by atoms with Crippen LogP contribution in [0.25, 0.3) is 0 Å². The molecule has 11 heteroatoms. The lowest BCUT2D eigenvalue weighted by Crippen LogP contribution is -2.42. The van der Waals surface area contributed by atoms with Gasteiger partial charge < -0.3 is 10.1 Å². The highest BCUT2D eigenvalue weighted by Crippen LogP contribution is 2.29. The predicted molar refractivity (Wildman–Crippen MR) is 112 cm³/mol. The van der Waals surface area contributed by atoms with Crippen LogP contribution in [-0.4, -0.2) is 22.0 Å². The lowest BCUT2D eigenvalue weighted by molar-refractivity contribution is -0.384. The van der Waals surface area contributed by atoms with Crippen LogP contribution in [0.1, 0.15) is 6.92 Å². The Morgan fingerprint density at radius 2 is 2.00 bits per heavy atom. The molecule has 2 aromatic carbocycles. The van der Waals surface area contributed by atoms with Crippen molar-refractivity contribution in [2.45, 2.75) is 13.0 Å². The van der Waals surface area contributed by atoms with Gasteiger partial charge in [-0.25, -0.2) is 0 Å². The standard InChI is InChI=1S/C16H12BrCl2N3O4S/c1-8(26-14-5-2-9(18)6-12(14)19)15(23)21-16(27)20-13-4-3-10(22(24)25)7-11(13)17/h2-8H,1H3,(H2,20,21,23,27). The molecule has 0 aliphatic heterocycles. The van der Waals surface area contributed by atoms with E-state index in [1.54, 1.807) is 12.1 Å². The average Bonchev–Trinajstić information content (AvgIpc) is 2.58. The number of nitro groups is 1. The second-order valence-corrected chi connectivity index (χ2v) is 7.31. The Labute approximate surface area is 178 Å². The quantitative estimate of drug-likeness (QED) is 0.348. The van der Waals surface area contributed by atoms with Gasteiger partial charge in [-0.05, 0) is 59.3 Å². The minimum absolute atomic E-state index is 0.00667. The van der Waals surface area contributed by atoms with E-state index in [1.165, 1.54) is 31.2 Å². The topological polar surface area (TPSA) is 93.5 Å². The molecule has 2 N–H and O–H groups in total. The van der Waals surface area contributed by atoms with Crippen molar-refractivity contribution >= 4 is 73.7 Å². The zero-order valence-corrected chi connectivity index (χ0v) is 17.6. The van der Waals surface area contributed by atoms with E-state index in [9.17, 15) is 14.9 Å². The largest absolute Gasteiger partial charge is 0.479 e. The van der Waals surface area contributed by atoms with Gasteiger partial charge in [0.05, 0.1) is 15.6 Å². The maximum Gasteiger partial charge on any atom is 0.270 e. The molecule has 7 nitrogen and oxygen atoms in total. The van der Waals surface area contributed by atoms with Gasteiger partial charge >= 0.3 is 0 Å². The van der Waals surface area contributed by atoms with E-state index in [2.05, 4.69) is 26.6 Å². The van der Waals surface area contributed by atoms with Crippen LogP contribution >= 0.6 is 51.3 Å². The number of halogens is 3. The SMILES string of the molecule is CC(Oc1ccc(Cl)cc1Cl)C(=O)NC(=S)Nc1ccc([N+](=O)[O-])cc1Br. The highest BCUT2D eigenvalue weighted by Gasteiger charge is 2.18. The molecule has 1 unspecified atom stereocenters. The first-order chi connectivity index (χ1) is 12.7. The van der Waals surface area contributed by atoms with E-state index >= 15 is 0 Å². The summed E-state index contributed by atoms with van der Waals surface area (Å²) >= 11 is 20.1. The van der Waals surface area contributed by atoms with E-state index < -0.39 is 16.9 Å². The molecule has 0 aliphatic carbocycles. The Morgan fingerprint density at radius 3 is 2.59 bits per heavy atom. The van der Waals surface area contributed by atoms with Crippen LogP contribution in [0, 0.1) is 10.1 Å². The van der Waals surface area contributed by atoms with Crippen molar-refractivity contribution in [3.63, 3.8) is 0 Å². The van der Waals surface area contributed by atoms with Gasteiger partial charge in [-0.3, -0.25) is 20.2 Å². The van der Waals surface area contributed by atoms with Crippen molar-refractivity contribution in [3.8, 4) is 5.75 Å². The third-order valence-electron chi connectivity index (χ3n) is 3.22. The maximum atomic E-state index is 12.2. The van der Waals surface area contributed by atoms with Gasteiger partial charge in [0.15, 0.2) is 11.2 Å². The number of rotatable bonds is 5. The second kappa shape index (κ2) is 9.32. The molecular formula is C16H12BrCl2N3O4S. The Hall–Kier alpha value is -1.94. The van der Waals surface area contributed by atoms with E-state index in [-0.39, 0.29) is 15.8 Å². The van der Waals surface area contributed by atoms with E-state index in [4.69, 9.17) is 40.2 Å². The van der Waals surface area contributed by atoms with Crippen molar-refractivity contribution in [1.29, 1.82) is 0 Å². The number of carbonyl (C=O) groups is 1. The molecule has 1 amide bonds. The molecule has 142 valence electrons. The van der Waals surface area contributed by atoms with Crippen LogP contribution in [-0.2, 0) is 4.79 Å². The smallest absolute Gasteiger partial charge is 0.270 e. The summed E-state index contributed by atoms with van der Waals surface area (Å²) in [5, 5.41) is 16.7. The summed E-state index contributed by atoms with van der Waals surface area (Å²) in [5.41, 5.74) is 0.379. The zero-order chi connectivity index (χ0) is 20.1. The first kappa shape index (κ1) is 21.4. The molecule has 27 heavy (non-hydrogen) atoms. The molecule has 0 saturated carbocycles. The molecule has 0 fully saturated rings. The average molecular weight is 493 g/mol. The molecule has 0 aromatic heterocycles. The Morgan fingerprint density at radius 1 is 1.30 bits per heavy atom. The lowest BCUT2D eigenvalue weighted by atomic mass is 10.3. The fraction of sp³-hybridized carbons (Fsp3) is 0.125. The number of nitrogens with one attached hydrogen (secondary N) is 2. The number of amides is 1. The number of ether oxygens (including phenoxy) is 1. The van der Waals surface area contributed by atoms with Gasteiger partial charge in [-0.1, -0.05) is 23.2 Å². The summed E-state index contributed by atoms with van der Waals surface area (Å²) in [4.78, 5) is 22.5. The van der Waals surface area contributed by atoms with Crippen LogP contribution in [0.5, 0.6) is 5.75 Å². The number of benzene rings is 2. The summed E-state index contributed by atoms with van der Waals surface area (Å²) in [6.45, 7) is 1.53. The summed E-state index contributed by atoms with van der Waals surface area (Å²) in [5.74, 6) is -0.197. The van der Waals surface area contributed by atoms with Gasteiger partial charge in [0, 0.05) is 21.6 Å². The third kappa shape index (κ3) is 6.03. The fourth-order valence-electron chi connectivity index (χ4n) is 1.90. The Kier molecular flexibility index (Phi) is 7.37. The number of thiocarbonyl (C=S) groups is 1. The Balaban J connectivity index is 1.96. The van der Waals surface area contributed by atoms with Crippen molar-refractivity contribution in [2.24, 2.45) is 0 Å². The van der Waals surface area contributed by atoms with Gasteiger partial charge in [-0.2, -0.15) is 0 Å². The third-order valence-corrected chi connectivity index (χ3v) is 4.61. The molecule has 1 atom stereocenters. The molecule has 0 aliphatic rings. The molecular weight excluding hydrogens is 481 g/mol. The number of hydrogen-bond donors (Lipinski definition) is 2. The number of nitrogens with zero attached hydrogens (tertiary/aromatic N) is 1. The van der Waals surface area contributed by atoms with E-state index in [0.29, 0.717) is 20.9 Å². The first-order valence-corrected chi connectivity index (χ1v) is 9.30. The highest BCUT2D eigenvalue weighted by molar-refractivity contribution is 9.10. The molecule has 0 heterocycles. The second-order valence-electron chi connectivity index (χ2n) is 5.20. The first-order valence-electron chi connectivity index (χ1n) is 7.35. The van der Waals surface area contributed by atoms with Gasteiger partial charge in [0.1, 0.15) is 5.75 Å². The van der Waals surface area contributed by atoms with Crippen LogP contribution in [0.4, 0.5) is 11.4 Å². The predicted octanol–water partition coefficient (Wildman–Crippen LogP) is 4.94. The number of nitro benzene ring substituents is 1. The number of anilines is 1.